The van der Waals surface area contributed by atoms with E-state index in [1.165, 1.54) is 17.0 Å². The summed E-state index contributed by atoms with van der Waals surface area (Å²) in [6, 6.07) is 4.70. The van der Waals surface area contributed by atoms with Gasteiger partial charge in [-0.1, -0.05) is 0 Å². The molecule has 1 unspecified atom stereocenters. The lowest BCUT2D eigenvalue weighted by Crippen LogP contribution is -2.32. The van der Waals surface area contributed by atoms with Gasteiger partial charge in [0.1, 0.15) is 5.82 Å². The van der Waals surface area contributed by atoms with E-state index in [0.717, 1.165) is 19.4 Å². The number of aromatic nitrogens is 2. The van der Waals surface area contributed by atoms with Gasteiger partial charge in [0.25, 0.3) is 11.8 Å². The fraction of sp³-hybridized carbons (Fsp3) is 0.400. The van der Waals surface area contributed by atoms with Gasteiger partial charge in [-0.2, -0.15) is 5.10 Å². The van der Waals surface area contributed by atoms with E-state index in [-0.39, 0.29) is 23.5 Å². The van der Waals surface area contributed by atoms with E-state index >= 15 is 0 Å². The molecule has 0 saturated carbocycles. The van der Waals surface area contributed by atoms with Gasteiger partial charge in [0.05, 0.1) is 12.4 Å². The first-order chi connectivity index (χ1) is 11.1. The zero-order chi connectivity index (χ0) is 16.2. The number of hydrogen-bond donors (Lipinski definition) is 2. The molecule has 8 nitrogen and oxygen atoms in total. The molecule has 23 heavy (non-hydrogen) atoms. The Labute approximate surface area is 132 Å². The summed E-state index contributed by atoms with van der Waals surface area (Å²) >= 11 is 0. The number of anilines is 1. The number of aryl methyl sites for hydroxylation is 1. The third-order valence-corrected chi connectivity index (χ3v) is 3.61. The SMILES string of the molecule is Cn1nc(C(=O)NCC2CCCO2)cc1NC(=O)c1ccco1. The summed E-state index contributed by atoms with van der Waals surface area (Å²) in [6.45, 7) is 1.20. The number of nitrogens with one attached hydrogen (secondary N) is 2. The average Bonchev–Trinajstić information content (AvgIpc) is 3.27. The Morgan fingerprint density at radius 2 is 2.30 bits per heavy atom. The minimum absolute atomic E-state index is 0.0702. The second kappa shape index (κ2) is 6.66. The summed E-state index contributed by atoms with van der Waals surface area (Å²) in [6.07, 6.45) is 3.46. The van der Waals surface area contributed by atoms with Crippen LogP contribution in [0.4, 0.5) is 5.82 Å². The van der Waals surface area contributed by atoms with Crippen molar-refractivity contribution >= 4 is 17.6 Å². The third kappa shape index (κ3) is 3.59. The number of carbonyl (C=O) groups excluding carboxylic acids is 2. The number of rotatable bonds is 5. The summed E-state index contributed by atoms with van der Waals surface area (Å²) in [7, 11) is 1.65. The number of ether oxygens (including phenoxy) is 1. The minimum atomic E-state index is -0.399. The topological polar surface area (TPSA) is 98.4 Å². The molecule has 3 rings (SSSR count). The van der Waals surface area contributed by atoms with Crippen molar-refractivity contribution in [3.8, 4) is 0 Å². The number of carbonyl (C=O) groups is 2. The highest BCUT2D eigenvalue weighted by Crippen LogP contribution is 2.13. The quantitative estimate of drug-likeness (QED) is 0.862. The molecule has 2 N–H and O–H groups in total. The van der Waals surface area contributed by atoms with E-state index < -0.39 is 5.91 Å². The van der Waals surface area contributed by atoms with E-state index in [9.17, 15) is 9.59 Å². The molecule has 0 aromatic carbocycles. The molecule has 0 bridgehead atoms. The minimum Gasteiger partial charge on any atom is -0.459 e. The summed E-state index contributed by atoms with van der Waals surface area (Å²) in [5.74, 6) is -0.0943. The monoisotopic (exact) mass is 318 g/mol. The Balaban J connectivity index is 1.60. The predicted octanol–water partition coefficient (Wildman–Crippen LogP) is 1.17. The highest BCUT2D eigenvalue weighted by Gasteiger charge is 2.19. The maximum Gasteiger partial charge on any atom is 0.292 e. The molecule has 2 amide bonds. The summed E-state index contributed by atoms with van der Waals surface area (Å²) in [4.78, 5) is 24.1. The van der Waals surface area contributed by atoms with E-state index in [2.05, 4.69) is 15.7 Å². The van der Waals surface area contributed by atoms with Gasteiger partial charge in [-0.15, -0.1) is 0 Å². The van der Waals surface area contributed by atoms with Crippen LogP contribution in [0.2, 0.25) is 0 Å². The highest BCUT2D eigenvalue weighted by atomic mass is 16.5. The van der Waals surface area contributed by atoms with Crippen molar-refractivity contribution in [1.29, 1.82) is 0 Å². The van der Waals surface area contributed by atoms with Crippen molar-refractivity contribution in [2.24, 2.45) is 7.05 Å². The average molecular weight is 318 g/mol. The molecule has 0 radical (unpaired) electrons. The van der Waals surface area contributed by atoms with Gasteiger partial charge >= 0.3 is 0 Å². The molecular weight excluding hydrogens is 300 g/mol. The van der Waals surface area contributed by atoms with Gasteiger partial charge in [0, 0.05) is 26.3 Å². The first kappa shape index (κ1) is 15.3. The summed E-state index contributed by atoms with van der Waals surface area (Å²) in [5.41, 5.74) is 0.236. The Bertz CT molecular complexity index is 686. The second-order valence-corrected chi connectivity index (χ2v) is 5.31. The lowest BCUT2D eigenvalue weighted by molar-refractivity contribution is 0.0853. The Kier molecular flexibility index (Phi) is 4.42. The molecule has 1 aliphatic heterocycles. The van der Waals surface area contributed by atoms with Gasteiger partial charge in [-0.05, 0) is 25.0 Å². The Morgan fingerprint density at radius 1 is 1.43 bits per heavy atom. The van der Waals surface area contributed by atoms with Crippen molar-refractivity contribution in [2.75, 3.05) is 18.5 Å². The second-order valence-electron chi connectivity index (χ2n) is 5.31. The smallest absolute Gasteiger partial charge is 0.292 e. The van der Waals surface area contributed by atoms with Crippen LogP contribution in [0.3, 0.4) is 0 Å². The lowest BCUT2D eigenvalue weighted by Gasteiger charge is -2.09. The third-order valence-electron chi connectivity index (χ3n) is 3.61. The molecule has 1 atom stereocenters. The largest absolute Gasteiger partial charge is 0.459 e. The maximum absolute atomic E-state index is 12.1. The molecule has 122 valence electrons. The molecule has 0 spiro atoms. The van der Waals surface area contributed by atoms with Crippen LogP contribution in [-0.4, -0.2) is 40.9 Å². The highest BCUT2D eigenvalue weighted by molar-refractivity contribution is 6.02. The van der Waals surface area contributed by atoms with Crippen LogP contribution < -0.4 is 10.6 Å². The van der Waals surface area contributed by atoms with Gasteiger partial charge in [0.15, 0.2) is 11.5 Å². The molecule has 2 aromatic heterocycles. The molecule has 1 fully saturated rings. The Hall–Kier alpha value is -2.61. The van der Waals surface area contributed by atoms with E-state index in [0.29, 0.717) is 12.4 Å². The number of furan rings is 1. The summed E-state index contributed by atoms with van der Waals surface area (Å²) in [5, 5.41) is 9.55. The number of amides is 2. The normalized spacial score (nSPS) is 17.2. The first-order valence-electron chi connectivity index (χ1n) is 7.42. The fourth-order valence-electron chi connectivity index (χ4n) is 2.38. The number of hydrogen-bond acceptors (Lipinski definition) is 5. The predicted molar refractivity (Wildman–Crippen MR) is 81.2 cm³/mol. The standard InChI is InChI=1S/C15H18N4O4/c1-19-13(17-15(21)12-5-3-7-23-12)8-11(18-19)14(20)16-9-10-4-2-6-22-10/h3,5,7-8,10H,2,4,6,9H2,1H3,(H,16,20)(H,17,21). The zero-order valence-electron chi connectivity index (χ0n) is 12.7. The van der Waals surface area contributed by atoms with Gasteiger partial charge in [-0.25, -0.2) is 0 Å². The molecule has 1 aliphatic rings. The van der Waals surface area contributed by atoms with Crippen LogP contribution in [0.15, 0.2) is 28.9 Å². The van der Waals surface area contributed by atoms with Crippen LogP contribution in [0.1, 0.15) is 33.9 Å². The van der Waals surface area contributed by atoms with E-state index in [1.807, 2.05) is 0 Å². The van der Waals surface area contributed by atoms with Gasteiger partial charge in [0.2, 0.25) is 0 Å². The van der Waals surface area contributed by atoms with Crippen LogP contribution in [0.5, 0.6) is 0 Å². The van der Waals surface area contributed by atoms with Crippen molar-refractivity contribution < 1.29 is 18.7 Å². The molecule has 2 aromatic rings. The molecule has 8 heteroatoms. The van der Waals surface area contributed by atoms with Crippen molar-refractivity contribution in [1.82, 2.24) is 15.1 Å². The molecule has 3 heterocycles. The number of nitrogens with zero attached hydrogens (tertiary/aromatic N) is 2. The maximum atomic E-state index is 12.1. The van der Waals surface area contributed by atoms with Crippen LogP contribution in [-0.2, 0) is 11.8 Å². The van der Waals surface area contributed by atoms with E-state index in [4.69, 9.17) is 9.15 Å². The van der Waals surface area contributed by atoms with Crippen molar-refractivity contribution in [3.63, 3.8) is 0 Å². The molecule has 0 aliphatic carbocycles. The molecular formula is C15H18N4O4. The van der Waals surface area contributed by atoms with Crippen molar-refractivity contribution in [2.45, 2.75) is 18.9 Å². The fourth-order valence-corrected chi connectivity index (χ4v) is 2.38. The van der Waals surface area contributed by atoms with Crippen molar-refractivity contribution in [3.05, 3.63) is 35.9 Å². The molecule has 1 saturated heterocycles. The lowest BCUT2D eigenvalue weighted by atomic mass is 10.2. The van der Waals surface area contributed by atoms with Crippen LogP contribution >= 0.6 is 0 Å². The zero-order valence-corrected chi connectivity index (χ0v) is 12.7. The Morgan fingerprint density at radius 3 is 3.00 bits per heavy atom. The summed E-state index contributed by atoms with van der Waals surface area (Å²) < 4.78 is 11.9. The van der Waals surface area contributed by atoms with Crippen LogP contribution in [0, 0.1) is 0 Å². The van der Waals surface area contributed by atoms with E-state index in [1.54, 1.807) is 19.2 Å². The van der Waals surface area contributed by atoms with Gasteiger partial charge in [-0.3, -0.25) is 14.3 Å². The van der Waals surface area contributed by atoms with Crippen LogP contribution in [0.25, 0.3) is 0 Å². The first-order valence-corrected chi connectivity index (χ1v) is 7.42. The van der Waals surface area contributed by atoms with Gasteiger partial charge < -0.3 is 19.8 Å².